The van der Waals surface area contributed by atoms with Crippen molar-refractivity contribution >= 4 is 86.5 Å². The van der Waals surface area contributed by atoms with Crippen LogP contribution in [0.1, 0.15) is 89.2 Å². The first-order valence-electron chi connectivity index (χ1n) is 27.5. The normalized spacial score (nSPS) is 33.0. The number of ketones is 4. The van der Waals surface area contributed by atoms with Crippen LogP contribution in [0.5, 0.6) is 0 Å². The third-order valence-corrected chi connectivity index (χ3v) is 14.8. The number of aliphatic hydroxyl groups is 6. The standard InChI is InChI=1S/C16H22FN2O5P.C12H16FNO4.C11H14FNO5.C11H15NO6.CH3ClO2S.CH3Cl.Na.H2O/c1-4-12-15(24-25(3)22-7-5-6-18)14(17)16(23-12)19-9-10(2)11(20)8-13(19)21;1-3-8-11(17)10(13)12(18-8)14-5-6(2)7(15)4-9(14)16;1-5-3-13(8(16)2-6(5)15)11-9(12)10(17)7(4-14)18-11;1-5-3-12(8(15)2-6(5)14)11-10(17)9(16)7(4-13)18-11;1-5(2,3)4;1-2;;/h9,12,14-16H,4-5,7-8H2,1-3H3;5,8,10-12,17H,3-4H2,1-2H3;3,7,9-11,14,17H,2,4H2,1H3;3,7,9-11,13,16-17H,2,4H2,1H3;1H3;1H3;;1H2/q;;;;;;+1;/p-1/t12-,14-,15+,16-,25?;8-,10-,11-,12-;7-,9-,10+,11-;7-,9-,10-,11-;;;;/m1111..../s1/i;;;;;1TD;;. The van der Waals surface area contributed by atoms with Gasteiger partial charge < -0.3 is 64.1 Å². The molecule has 0 aromatic rings. The number of hydrogen-bond donors (Lipinski definition) is 6. The molecule has 0 radical (unpaired) electrons. The Morgan fingerprint density at radius 3 is 1.25 bits per heavy atom. The summed E-state index contributed by atoms with van der Waals surface area (Å²) in [6.45, 7) is 10.7. The van der Waals surface area contributed by atoms with Crippen molar-refractivity contribution in [3.8, 4) is 6.07 Å². The molecule has 0 saturated carbocycles. The van der Waals surface area contributed by atoms with Gasteiger partial charge in [0.05, 0.1) is 76.5 Å². The van der Waals surface area contributed by atoms with Crippen LogP contribution >= 0.6 is 30.7 Å². The van der Waals surface area contributed by atoms with E-state index in [1.165, 1.54) is 31.7 Å². The van der Waals surface area contributed by atoms with Crippen LogP contribution in [-0.2, 0) is 75.4 Å². The number of ether oxygens (including phenoxy) is 4. The van der Waals surface area contributed by atoms with Gasteiger partial charge in [0, 0.05) is 73.5 Å². The number of allylic oxidation sites excluding steroid dienone is 4. The first kappa shape index (κ1) is 78.5. The molecule has 4 amide bonds. The largest absolute Gasteiger partial charge is 1.00 e. The fourth-order valence-corrected chi connectivity index (χ4v) is 10.00. The second-order valence-corrected chi connectivity index (χ2v) is 24.4. The average Bonchev–Trinajstić information content (AvgIpc) is 1.65. The fraction of sp³-hybridized carbons (Fsp3) is 0.673. The first-order valence-corrected chi connectivity index (χ1v) is 31.1. The van der Waals surface area contributed by atoms with Crippen molar-refractivity contribution in [2.24, 2.45) is 0 Å². The summed E-state index contributed by atoms with van der Waals surface area (Å²) in [7, 11) is -0.0620. The number of nitriles is 1. The second-order valence-electron chi connectivity index (χ2n) is 20.0. The van der Waals surface area contributed by atoms with Crippen molar-refractivity contribution in [3.05, 3.63) is 47.1 Å². The molecule has 8 aliphatic heterocycles. The topological polar surface area (TPSA) is 414 Å². The Bertz CT molecular complexity index is 2630. The fourth-order valence-electron chi connectivity index (χ4n) is 8.99. The monoisotopic (exact) mass is 1350 g/mol. The van der Waals surface area contributed by atoms with E-state index < -0.39 is 159 Å². The van der Waals surface area contributed by atoms with E-state index in [0.29, 0.717) is 35.1 Å². The minimum atomic E-state index is -3.19. The van der Waals surface area contributed by atoms with Crippen molar-refractivity contribution in [2.45, 2.75) is 185 Å². The Balaban J connectivity index is 0.000000573. The van der Waals surface area contributed by atoms with E-state index in [9.17, 15) is 80.4 Å². The van der Waals surface area contributed by atoms with Crippen LogP contribution in [-0.4, -0.2) is 248 Å². The molecule has 0 bridgehead atoms. The Morgan fingerprint density at radius 1 is 0.648 bits per heavy atom. The molecule has 4 fully saturated rings. The number of carbonyl (C=O) groups excluding carboxylic acids is 8. The summed E-state index contributed by atoms with van der Waals surface area (Å²) in [6, 6.07) is 1.96. The molecule has 36 heteroatoms. The molecule has 8 rings (SSSR count). The maximum atomic E-state index is 15.0. The summed E-state index contributed by atoms with van der Waals surface area (Å²) in [4.78, 5) is 97.0. The summed E-state index contributed by atoms with van der Waals surface area (Å²) in [5, 5.41) is 64.9. The summed E-state index contributed by atoms with van der Waals surface area (Å²) in [5.74, 6) is -3.18. The van der Waals surface area contributed by atoms with Gasteiger partial charge in [-0.3, -0.25) is 58.0 Å². The van der Waals surface area contributed by atoms with E-state index in [4.69, 9.17) is 46.2 Å². The van der Waals surface area contributed by atoms with Gasteiger partial charge in [-0.25, -0.2) is 21.6 Å². The summed E-state index contributed by atoms with van der Waals surface area (Å²) in [6.07, 6.45) is -14.1. The quantitative estimate of drug-likeness (QED) is 0.0291. The van der Waals surface area contributed by atoms with Gasteiger partial charge in [0.25, 0.3) is 0 Å². The third-order valence-electron chi connectivity index (χ3n) is 13.7. The summed E-state index contributed by atoms with van der Waals surface area (Å²) in [5.41, 5.74) is 1.49. The molecule has 18 atom stereocenters. The molecular formula is C52H74Cl2F3N5NaO23PS. The van der Waals surface area contributed by atoms with Crippen LogP contribution in [0.15, 0.2) is 47.1 Å². The molecule has 8 heterocycles. The molecule has 4 saturated heterocycles. The number of amides is 4. The van der Waals surface area contributed by atoms with E-state index in [-0.39, 0.29) is 96.9 Å². The molecule has 8 aliphatic rings. The van der Waals surface area contributed by atoms with Crippen molar-refractivity contribution < 1.29 is 156 Å². The number of alkyl halides is 4. The minimum Gasteiger partial charge on any atom is -0.870 e. The number of rotatable bonds is 13. The number of halogens is 5. The van der Waals surface area contributed by atoms with Crippen LogP contribution in [0.3, 0.4) is 0 Å². The van der Waals surface area contributed by atoms with E-state index in [1.807, 2.05) is 13.0 Å². The zero-order valence-electron chi connectivity index (χ0n) is 51.3. The van der Waals surface area contributed by atoms with Crippen LogP contribution in [0.25, 0.3) is 0 Å². The van der Waals surface area contributed by atoms with Gasteiger partial charge in [-0.1, -0.05) is 13.8 Å². The van der Waals surface area contributed by atoms with Gasteiger partial charge in [0.1, 0.15) is 42.7 Å². The molecule has 0 aromatic heterocycles. The minimum absolute atomic E-state index is 0. The Kier molecular flexibility index (Phi) is 33.6. The molecule has 7 N–H and O–H groups in total. The molecular weight excluding hydrogens is 1280 g/mol. The van der Waals surface area contributed by atoms with Crippen LogP contribution in [0, 0.1) is 11.3 Å². The van der Waals surface area contributed by atoms with Gasteiger partial charge in [0.2, 0.25) is 32.7 Å². The van der Waals surface area contributed by atoms with Gasteiger partial charge in [-0.05, 0) is 40.5 Å². The summed E-state index contributed by atoms with van der Waals surface area (Å²) < 4.78 is 106. The molecule has 0 aromatic carbocycles. The number of carbonyl (C=O) groups is 8. The second kappa shape index (κ2) is 37.7. The number of nitrogens with zero attached hydrogens (tertiary/aromatic N) is 5. The molecule has 28 nitrogen and oxygen atoms in total. The van der Waals surface area contributed by atoms with E-state index in [0.717, 1.165) is 25.9 Å². The maximum absolute atomic E-state index is 15.0. The third kappa shape index (κ3) is 22.0. The predicted molar refractivity (Wildman–Crippen MR) is 297 cm³/mol. The van der Waals surface area contributed by atoms with Crippen molar-refractivity contribution in [2.75, 3.05) is 39.1 Å². The van der Waals surface area contributed by atoms with Gasteiger partial charge >= 0.3 is 29.6 Å². The zero-order valence-corrected chi connectivity index (χ0v) is 54.6. The Morgan fingerprint density at radius 2 is 0.943 bits per heavy atom. The van der Waals surface area contributed by atoms with E-state index >= 15 is 0 Å². The smallest absolute Gasteiger partial charge is 0.870 e. The Labute approximate surface area is 541 Å². The van der Waals surface area contributed by atoms with Gasteiger partial charge in [-0.2, -0.15) is 5.26 Å². The molecule has 0 aliphatic carbocycles. The zero-order chi connectivity index (χ0) is 67.0. The van der Waals surface area contributed by atoms with Gasteiger partial charge in [-0.15, -0.1) is 11.6 Å². The van der Waals surface area contributed by atoms with Crippen LogP contribution in [0.2, 0.25) is 0 Å². The first-order chi connectivity index (χ1) is 41.0. The molecule has 0 spiro atoms. The number of hydrogen-bond acceptors (Lipinski definition) is 24. The Hall–Kier alpha value is -3.76. The molecule has 492 valence electrons. The van der Waals surface area contributed by atoms with Crippen molar-refractivity contribution in [3.63, 3.8) is 0 Å². The van der Waals surface area contributed by atoms with Crippen molar-refractivity contribution in [1.29, 1.82) is 5.26 Å². The van der Waals surface area contributed by atoms with Crippen molar-refractivity contribution in [1.82, 2.24) is 19.6 Å². The number of Topliss-reactive ketones (excluding diaryl/α,β-unsaturated/α-hetero) is 4. The SMILES string of the molecule is CC1=CN([C@@H]2O[C@H](CO)[C@@H](O)[C@H]2O)C(=O)CC1=O.CC1=CN([C@@H]2O[C@H](CO)[C@H](O)[C@H]2F)C(=O)CC1=O.CC[C@H]1O[C@@H](N2C=C(C)C(=O)CC2=O)[C@H](F)[C@@H]1O.CC[C@H]1O[C@@H](N2C=C(C)C(=O)CC2=O)[C@H](F)[C@H]1OP(C)OCCC#N.CS(=O)(=O)Cl.[2H]C([3H])Cl.[Na+].[OH-]. The van der Waals surface area contributed by atoms with Crippen LogP contribution < -0.4 is 29.6 Å². The maximum Gasteiger partial charge on any atom is 1.00 e. The van der Waals surface area contributed by atoms with E-state index in [2.05, 4.69) is 22.3 Å². The van der Waals surface area contributed by atoms with Gasteiger partial charge in [0.15, 0.2) is 74.9 Å². The van der Waals surface area contributed by atoms with Crippen LogP contribution in [0.4, 0.5) is 13.2 Å². The summed E-state index contributed by atoms with van der Waals surface area (Å²) >= 11 is 4.61. The average molecular weight is 1350 g/mol. The molecule has 88 heavy (non-hydrogen) atoms. The predicted octanol–water partition coefficient (Wildman–Crippen LogP) is -1.95. The van der Waals surface area contributed by atoms with E-state index in [1.54, 1.807) is 34.4 Å². The molecule has 2 unspecified atom stereocenters. The number of aliphatic hydroxyl groups excluding tert-OH is 6.